The van der Waals surface area contributed by atoms with Crippen LogP contribution in [-0.2, 0) is 22.4 Å². The highest BCUT2D eigenvalue weighted by Crippen LogP contribution is 2.15. The Bertz CT molecular complexity index is 1270. The normalized spacial score (nSPS) is 12.7. The number of carbonyl (C=O) groups is 3. The summed E-state index contributed by atoms with van der Waals surface area (Å²) in [5.74, 6) is -2.91. The lowest BCUT2D eigenvalue weighted by atomic mass is 9.96. The average Bonchev–Trinajstić information content (AvgIpc) is 2.77. The molecule has 178 valence electrons. The van der Waals surface area contributed by atoms with Gasteiger partial charge < -0.3 is 21.3 Å². The maximum atomic E-state index is 12.4. The van der Waals surface area contributed by atoms with Crippen molar-refractivity contribution in [2.24, 2.45) is 5.92 Å². The molecule has 2 heterocycles. The summed E-state index contributed by atoms with van der Waals surface area (Å²) in [4.78, 5) is 61.2. The number of aliphatic carboxylic acids is 2. The molecule has 12 nitrogen and oxygen atoms in total. The van der Waals surface area contributed by atoms with Gasteiger partial charge in [0.1, 0.15) is 6.04 Å². The first-order chi connectivity index (χ1) is 16.1. The van der Waals surface area contributed by atoms with Crippen LogP contribution in [0.1, 0.15) is 41.4 Å². The molecule has 0 spiro atoms. The number of aromatic amines is 1. The molecule has 0 saturated carbocycles. The fraction of sp³-hybridized carbons (Fsp3) is 0.318. The zero-order valence-corrected chi connectivity index (χ0v) is 18.3. The van der Waals surface area contributed by atoms with Crippen LogP contribution < -0.4 is 16.6 Å². The number of benzene rings is 1. The van der Waals surface area contributed by atoms with Gasteiger partial charge >= 0.3 is 11.9 Å². The molecule has 3 rings (SSSR count). The molecular formula is C22H24N6O6. The van der Waals surface area contributed by atoms with Gasteiger partial charge in [-0.15, -0.1) is 0 Å². The maximum absolute atomic E-state index is 12.4. The van der Waals surface area contributed by atoms with Gasteiger partial charge in [0.15, 0.2) is 11.2 Å². The minimum atomic E-state index is -1.29. The van der Waals surface area contributed by atoms with Gasteiger partial charge in [-0.05, 0) is 42.9 Å². The molecule has 1 amide bonds. The predicted octanol–water partition coefficient (Wildman–Crippen LogP) is 0.764. The molecule has 2 aromatic heterocycles. The van der Waals surface area contributed by atoms with Crippen LogP contribution in [-0.4, -0.2) is 54.0 Å². The van der Waals surface area contributed by atoms with Crippen molar-refractivity contribution < 1.29 is 24.6 Å². The zero-order chi connectivity index (χ0) is 24.8. The van der Waals surface area contributed by atoms with E-state index in [-0.39, 0.29) is 41.4 Å². The third kappa shape index (κ3) is 6.34. The first-order valence-corrected chi connectivity index (χ1v) is 10.5. The van der Waals surface area contributed by atoms with Crippen molar-refractivity contribution in [2.75, 3.05) is 5.73 Å². The topological polar surface area (TPSA) is 201 Å². The molecule has 3 aromatic rings. The largest absolute Gasteiger partial charge is 0.481 e. The second-order valence-corrected chi connectivity index (χ2v) is 7.99. The van der Waals surface area contributed by atoms with Crippen molar-refractivity contribution in [1.29, 1.82) is 0 Å². The molecule has 0 aliphatic rings. The molecule has 1 aromatic carbocycles. The first kappa shape index (κ1) is 24.3. The van der Waals surface area contributed by atoms with Crippen molar-refractivity contribution in [3.8, 4) is 0 Å². The van der Waals surface area contributed by atoms with Gasteiger partial charge in [0, 0.05) is 12.0 Å². The number of hydrogen-bond donors (Lipinski definition) is 5. The fourth-order valence-electron chi connectivity index (χ4n) is 3.46. The van der Waals surface area contributed by atoms with Gasteiger partial charge in [-0.3, -0.25) is 19.4 Å². The maximum Gasteiger partial charge on any atom is 0.326 e. The monoisotopic (exact) mass is 468 g/mol. The molecule has 12 heteroatoms. The second kappa shape index (κ2) is 10.5. The minimum Gasteiger partial charge on any atom is -0.481 e. The van der Waals surface area contributed by atoms with Crippen LogP contribution in [0.25, 0.3) is 11.2 Å². The van der Waals surface area contributed by atoms with Gasteiger partial charge in [-0.2, -0.15) is 4.98 Å². The van der Waals surface area contributed by atoms with Crippen molar-refractivity contribution in [1.82, 2.24) is 25.3 Å². The SMILES string of the molecule is C[C@H](Cc1ccc(C(=O)N[C@@H](CCC(=O)O)C(=O)O)cc1)Cc1cnc2nc(N)[nH]c(=O)c2n1. The number of aromatic nitrogens is 4. The summed E-state index contributed by atoms with van der Waals surface area (Å²) in [5, 5.41) is 20.3. The Hall–Kier alpha value is -4.35. The number of carboxylic acid groups (broad SMARTS) is 2. The van der Waals surface area contributed by atoms with Crippen LogP contribution in [0.15, 0.2) is 35.3 Å². The second-order valence-electron chi connectivity index (χ2n) is 7.99. The number of fused-ring (bicyclic) bond motifs is 1. The van der Waals surface area contributed by atoms with E-state index in [2.05, 4.69) is 25.3 Å². The standard InChI is InChI=1S/C22H24N6O6/c1-11(9-14-10-24-18-17(25-14)20(32)28-22(23)27-18)8-12-2-4-13(5-3-12)19(31)26-15(21(33)34)6-7-16(29)30/h2-5,10-11,15H,6-9H2,1H3,(H,26,31)(H,29,30)(H,33,34)(H3,23,24,27,28,32)/t11-,15+/m1/s1. The van der Waals surface area contributed by atoms with E-state index < -0.39 is 29.4 Å². The lowest BCUT2D eigenvalue weighted by Crippen LogP contribution is -2.41. The van der Waals surface area contributed by atoms with Crippen molar-refractivity contribution >= 4 is 35.0 Å². The summed E-state index contributed by atoms with van der Waals surface area (Å²) < 4.78 is 0. The summed E-state index contributed by atoms with van der Waals surface area (Å²) in [7, 11) is 0. The third-order valence-corrected chi connectivity index (χ3v) is 5.09. The predicted molar refractivity (Wildman–Crippen MR) is 121 cm³/mol. The van der Waals surface area contributed by atoms with E-state index in [1.807, 2.05) is 6.92 Å². The van der Waals surface area contributed by atoms with Crippen LogP contribution in [0.2, 0.25) is 0 Å². The van der Waals surface area contributed by atoms with E-state index in [9.17, 15) is 24.3 Å². The van der Waals surface area contributed by atoms with Crippen LogP contribution >= 0.6 is 0 Å². The molecule has 34 heavy (non-hydrogen) atoms. The summed E-state index contributed by atoms with van der Waals surface area (Å²) in [6.07, 6.45) is 2.20. The summed E-state index contributed by atoms with van der Waals surface area (Å²) in [5.41, 5.74) is 7.21. The number of nitrogens with zero attached hydrogens (tertiary/aromatic N) is 3. The summed E-state index contributed by atoms with van der Waals surface area (Å²) >= 11 is 0. The minimum absolute atomic E-state index is 0.0243. The number of amides is 1. The molecule has 6 N–H and O–H groups in total. The van der Waals surface area contributed by atoms with Crippen molar-refractivity contribution in [3.63, 3.8) is 0 Å². The first-order valence-electron chi connectivity index (χ1n) is 10.5. The highest BCUT2D eigenvalue weighted by Gasteiger charge is 2.21. The number of nitrogen functional groups attached to an aromatic ring is 1. The Labute approximate surface area is 193 Å². The third-order valence-electron chi connectivity index (χ3n) is 5.09. The van der Waals surface area contributed by atoms with Crippen LogP contribution in [0.5, 0.6) is 0 Å². The molecule has 0 bridgehead atoms. The zero-order valence-electron chi connectivity index (χ0n) is 18.3. The number of hydrogen-bond acceptors (Lipinski definition) is 8. The van der Waals surface area contributed by atoms with E-state index >= 15 is 0 Å². The molecule has 0 aliphatic heterocycles. The van der Waals surface area contributed by atoms with Crippen molar-refractivity contribution in [3.05, 3.63) is 57.6 Å². The molecule has 0 aliphatic carbocycles. The van der Waals surface area contributed by atoms with Gasteiger partial charge in [0.05, 0.1) is 11.9 Å². The fourth-order valence-corrected chi connectivity index (χ4v) is 3.46. The highest BCUT2D eigenvalue weighted by atomic mass is 16.4. The molecule has 0 unspecified atom stereocenters. The van der Waals surface area contributed by atoms with E-state index in [0.717, 1.165) is 5.56 Å². The lowest BCUT2D eigenvalue weighted by Gasteiger charge is -2.14. The molecular weight excluding hydrogens is 444 g/mol. The van der Waals surface area contributed by atoms with Crippen LogP contribution in [0.3, 0.4) is 0 Å². The van der Waals surface area contributed by atoms with Gasteiger partial charge in [-0.25, -0.2) is 14.8 Å². The van der Waals surface area contributed by atoms with E-state index in [1.165, 1.54) is 0 Å². The van der Waals surface area contributed by atoms with E-state index in [0.29, 0.717) is 18.5 Å². The number of carboxylic acids is 2. The Morgan fingerprint density at radius 2 is 1.82 bits per heavy atom. The Balaban J connectivity index is 1.61. The van der Waals surface area contributed by atoms with Gasteiger partial charge in [0.25, 0.3) is 11.5 Å². The van der Waals surface area contributed by atoms with Crippen LogP contribution in [0.4, 0.5) is 5.95 Å². The molecule has 0 radical (unpaired) electrons. The van der Waals surface area contributed by atoms with Gasteiger partial charge in [-0.1, -0.05) is 19.1 Å². The Kier molecular flexibility index (Phi) is 7.51. The molecule has 2 atom stereocenters. The molecule has 0 fully saturated rings. The van der Waals surface area contributed by atoms with Crippen molar-refractivity contribution in [2.45, 2.75) is 38.6 Å². The number of rotatable bonds is 10. The highest BCUT2D eigenvalue weighted by molar-refractivity contribution is 5.96. The summed E-state index contributed by atoms with van der Waals surface area (Å²) in [6, 6.07) is 5.41. The summed E-state index contributed by atoms with van der Waals surface area (Å²) in [6.45, 7) is 2.01. The quantitative estimate of drug-likeness (QED) is 0.283. The number of H-pyrrole nitrogens is 1. The molecule has 0 saturated heterocycles. The van der Waals surface area contributed by atoms with E-state index in [1.54, 1.807) is 30.5 Å². The number of nitrogens with one attached hydrogen (secondary N) is 2. The van der Waals surface area contributed by atoms with Gasteiger partial charge in [0.2, 0.25) is 5.95 Å². The number of nitrogens with two attached hydrogens (primary N) is 1. The average molecular weight is 468 g/mol. The Morgan fingerprint density at radius 3 is 2.47 bits per heavy atom. The smallest absolute Gasteiger partial charge is 0.326 e. The number of carbonyl (C=O) groups excluding carboxylic acids is 1. The Morgan fingerprint density at radius 1 is 1.12 bits per heavy atom. The number of anilines is 1. The van der Waals surface area contributed by atoms with E-state index in [4.69, 9.17) is 10.8 Å². The lowest BCUT2D eigenvalue weighted by molar-refractivity contribution is -0.140. The van der Waals surface area contributed by atoms with Crippen LogP contribution in [0, 0.1) is 5.92 Å².